The molecule has 1 aromatic carbocycles. The lowest BCUT2D eigenvalue weighted by molar-refractivity contribution is -0.127. The van der Waals surface area contributed by atoms with E-state index in [4.69, 9.17) is 0 Å². The lowest BCUT2D eigenvalue weighted by Crippen LogP contribution is -2.36. The molecule has 1 amide bonds. The number of carbonyl (C=O) groups is 1. The van der Waals surface area contributed by atoms with Gasteiger partial charge >= 0.3 is 0 Å². The first-order valence-electron chi connectivity index (χ1n) is 7.07. The second kappa shape index (κ2) is 6.80. The largest absolute Gasteiger partial charge is 0.508 e. The quantitative estimate of drug-likeness (QED) is 0.508. The van der Waals surface area contributed by atoms with E-state index in [0.717, 1.165) is 43.6 Å². The first kappa shape index (κ1) is 14.9. The maximum absolute atomic E-state index is 12.2. The highest BCUT2D eigenvalue weighted by atomic mass is 16.3. The van der Waals surface area contributed by atoms with E-state index < -0.39 is 0 Å². The van der Waals surface area contributed by atoms with Crippen molar-refractivity contribution in [3.63, 3.8) is 0 Å². The zero-order chi connectivity index (χ0) is 15.2. The van der Waals surface area contributed by atoms with Crippen LogP contribution in [0.2, 0.25) is 0 Å². The minimum absolute atomic E-state index is 0.101. The van der Waals surface area contributed by atoms with Gasteiger partial charge in [0.25, 0.3) is 5.91 Å². The molecule has 110 valence electrons. The molecule has 1 aliphatic heterocycles. The van der Waals surface area contributed by atoms with Crippen LogP contribution in [0.3, 0.4) is 0 Å². The zero-order valence-corrected chi connectivity index (χ0v) is 12.1. The summed E-state index contributed by atoms with van der Waals surface area (Å²) in [4.78, 5) is 14.0. The Bertz CT molecular complexity index is 596. The highest BCUT2D eigenvalue weighted by Gasteiger charge is 2.20. The maximum atomic E-state index is 12.2. The molecule has 2 rings (SSSR count). The van der Waals surface area contributed by atoms with Gasteiger partial charge in [0.15, 0.2) is 0 Å². The average molecular weight is 285 g/mol. The van der Waals surface area contributed by atoms with Crippen LogP contribution in [0.15, 0.2) is 30.0 Å². The monoisotopic (exact) mass is 285 g/mol. The van der Waals surface area contributed by atoms with Gasteiger partial charge in [-0.1, -0.05) is 0 Å². The summed E-state index contributed by atoms with van der Waals surface area (Å²) in [6, 6.07) is 6.85. The Morgan fingerprint density at radius 3 is 2.71 bits per heavy atom. The summed E-state index contributed by atoms with van der Waals surface area (Å²) in [5, 5.41) is 21.5. The molecule has 5 nitrogen and oxygen atoms in total. The van der Waals surface area contributed by atoms with Crippen molar-refractivity contribution in [1.29, 1.82) is 5.26 Å². The van der Waals surface area contributed by atoms with E-state index in [9.17, 15) is 15.2 Å². The van der Waals surface area contributed by atoms with Crippen LogP contribution in [-0.4, -0.2) is 29.0 Å². The van der Waals surface area contributed by atoms with Gasteiger partial charge in [0.05, 0.1) is 0 Å². The predicted molar refractivity (Wildman–Crippen MR) is 80.6 cm³/mol. The number of aryl methyl sites for hydroxylation is 1. The number of benzene rings is 1. The Balaban J connectivity index is 2.09. The van der Waals surface area contributed by atoms with Crippen LogP contribution in [0.1, 0.15) is 24.8 Å². The van der Waals surface area contributed by atoms with E-state index in [1.165, 1.54) is 6.20 Å². The third kappa shape index (κ3) is 3.76. The summed E-state index contributed by atoms with van der Waals surface area (Å²) in [6.07, 6.45) is 4.57. The van der Waals surface area contributed by atoms with Crippen LogP contribution in [0.25, 0.3) is 0 Å². The topological polar surface area (TPSA) is 76.4 Å². The average Bonchev–Trinajstić information content (AvgIpc) is 2.50. The zero-order valence-electron chi connectivity index (χ0n) is 12.1. The molecule has 0 aliphatic carbocycles. The number of nitrogens with one attached hydrogen (secondary N) is 1. The first-order valence-corrected chi connectivity index (χ1v) is 7.07. The van der Waals surface area contributed by atoms with Crippen molar-refractivity contribution in [3.05, 3.63) is 35.5 Å². The highest BCUT2D eigenvalue weighted by molar-refractivity contribution is 5.97. The van der Waals surface area contributed by atoms with Gasteiger partial charge < -0.3 is 15.3 Å². The fourth-order valence-corrected chi connectivity index (χ4v) is 2.37. The van der Waals surface area contributed by atoms with Crippen molar-refractivity contribution in [2.75, 3.05) is 18.4 Å². The van der Waals surface area contributed by atoms with Gasteiger partial charge in [0.1, 0.15) is 17.4 Å². The molecular weight excluding hydrogens is 266 g/mol. The highest BCUT2D eigenvalue weighted by Crippen LogP contribution is 2.20. The van der Waals surface area contributed by atoms with Crippen LogP contribution in [-0.2, 0) is 4.79 Å². The molecule has 0 aromatic heterocycles. The van der Waals surface area contributed by atoms with E-state index in [1.807, 2.05) is 13.0 Å². The Morgan fingerprint density at radius 2 is 2.10 bits per heavy atom. The molecule has 1 aromatic rings. The van der Waals surface area contributed by atoms with E-state index >= 15 is 0 Å². The molecule has 0 atom stereocenters. The normalized spacial score (nSPS) is 15.4. The lowest BCUT2D eigenvalue weighted by Gasteiger charge is -2.26. The molecule has 5 heteroatoms. The number of anilines is 1. The number of rotatable bonds is 3. The number of piperidine rings is 1. The van der Waals surface area contributed by atoms with Gasteiger partial charge in [-0.25, -0.2) is 0 Å². The third-order valence-corrected chi connectivity index (χ3v) is 3.58. The molecule has 1 aliphatic rings. The molecule has 0 spiro atoms. The maximum Gasteiger partial charge on any atom is 0.266 e. The number of amides is 1. The van der Waals surface area contributed by atoms with Crippen LogP contribution >= 0.6 is 0 Å². The SMILES string of the molecule is Cc1cc(O)ccc1N/C=C(/C#N)C(=O)N1CCCCC1. The number of phenolic OH excluding ortho intramolecular Hbond substituents is 1. The second-order valence-electron chi connectivity index (χ2n) is 5.17. The molecule has 0 unspecified atom stereocenters. The van der Waals surface area contributed by atoms with E-state index in [2.05, 4.69) is 5.32 Å². The van der Waals surface area contributed by atoms with Gasteiger partial charge in [-0.2, -0.15) is 5.26 Å². The van der Waals surface area contributed by atoms with Gasteiger partial charge in [-0.3, -0.25) is 4.79 Å². The van der Waals surface area contributed by atoms with Gasteiger partial charge in [0, 0.05) is 25.0 Å². The summed E-state index contributed by atoms with van der Waals surface area (Å²) in [5.74, 6) is -0.0342. The molecule has 0 saturated carbocycles. The Labute approximate surface area is 124 Å². The van der Waals surface area contributed by atoms with Gasteiger partial charge in [0.2, 0.25) is 0 Å². The number of carbonyl (C=O) groups excluding carboxylic acids is 1. The summed E-state index contributed by atoms with van der Waals surface area (Å²) >= 11 is 0. The molecule has 1 fully saturated rings. The Morgan fingerprint density at radius 1 is 1.38 bits per heavy atom. The van der Waals surface area contributed by atoms with E-state index in [1.54, 1.807) is 23.1 Å². The number of hydrogen-bond donors (Lipinski definition) is 2. The fraction of sp³-hybridized carbons (Fsp3) is 0.375. The summed E-state index contributed by atoms with van der Waals surface area (Å²) < 4.78 is 0. The molecular formula is C16H19N3O2. The van der Waals surface area contributed by atoms with Gasteiger partial charge in [-0.15, -0.1) is 0 Å². The number of nitriles is 1. The van der Waals surface area contributed by atoms with Gasteiger partial charge in [-0.05, 0) is 49.9 Å². The molecule has 0 radical (unpaired) electrons. The number of aromatic hydroxyl groups is 1. The molecule has 2 N–H and O–H groups in total. The van der Waals surface area contributed by atoms with Crippen molar-refractivity contribution in [3.8, 4) is 11.8 Å². The third-order valence-electron chi connectivity index (χ3n) is 3.58. The molecule has 21 heavy (non-hydrogen) atoms. The van der Waals surface area contributed by atoms with Crippen LogP contribution in [0.5, 0.6) is 5.75 Å². The Hall–Kier alpha value is -2.48. The smallest absolute Gasteiger partial charge is 0.266 e. The molecule has 0 bridgehead atoms. The fourth-order valence-electron chi connectivity index (χ4n) is 2.37. The van der Waals surface area contributed by atoms with Crippen molar-refractivity contribution < 1.29 is 9.90 Å². The Kier molecular flexibility index (Phi) is 4.83. The summed E-state index contributed by atoms with van der Waals surface area (Å²) in [6.45, 7) is 3.28. The van der Waals surface area contributed by atoms with Crippen molar-refractivity contribution in [1.82, 2.24) is 4.90 Å². The minimum Gasteiger partial charge on any atom is -0.508 e. The molecule has 1 heterocycles. The van der Waals surface area contributed by atoms with Crippen LogP contribution < -0.4 is 5.32 Å². The summed E-state index contributed by atoms with van der Waals surface area (Å²) in [7, 11) is 0. The number of nitrogens with zero attached hydrogens (tertiary/aromatic N) is 2. The first-order chi connectivity index (χ1) is 10.1. The summed E-state index contributed by atoms with van der Waals surface area (Å²) in [5.41, 5.74) is 1.70. The number of phenols is 1. The number of hydrogen-bond acceptors (Lipinski definition) is 4. The van der Waals surface area contributed by atoms with Crippen LogP contribution in [0.4, 0.5) is 5.69 Å². The van der Waals surface area contributed by atoms with Crippen molar-refractivity contribution in [2.45, 2.75) is 26.2 Å². The van der Waals surface area contributed by atoms with Crippen LogP contribution in [0, 0.1) is 18.3 Å². The molecule has 1 saturated heterocycles. The number of likely N-dealkylation sites (tertiary alicyclic amines) is 1. The van der Waals surface area contributed by atoms with E-state index in [0.29, 0.717) is 0 Å². The van der Waals surface area contributed by atoms with Crippen molar-refractivity contribution in [2.24, 2.45) is 0 Å². The second-order valence-corrected chi connectivity index (χ2v) is 5.17. The van der Waals surface area contributed by atoms with E-state index in [-0.39, 0.29) is 17.2 Å². The minimum atomic E-state index is -0.221. The standard InChI is InChI=1S/C16H19N3O2/c1-12-9-14(20)5-6-15(12)18-11-13(10-17)16(21)19-7-3-2-4-8-19/h5-6,9,11,18,20H,2-4,7-8H2,1H3/b13-11-. The lowest BCUT2D eigenvalue weighted by atomic mass is 10.1. The van der Waals surface area contributed by atoms with Crippen molar-refractivity contribution >= 4 is 11.6 Å². The predicted octanol–water partition coefficient (Wildman–Crippen LogP) is 2.53.